The van der Waals surface area contributed by atoms with E-state index in [1.807, 2.05) is 12.1 Å². The third-order valence-electron chi connectivity index (χ3n) is 4.14. The van der Waals surface area contributed by atoms with Crippen molar-refractivity contribution in [3.63, 3.8) is 0 Å². The van der Waals surface area contributed by atoms with Crippen LogP contribution in [0.2, 0.25) is 0 Å². The zero-order valence-electron chi connectivity index (χ0n) is 12.9. The Bertz CT molecular complexity index is 879. The third-order valence-corrected chi connectivity index (χ3v) is 7.41. The molecule has 9 heteroatoms. The highest BCUT2D eigenvalue weighted by atomic mass is 32.3. The molecule has 3 aromatic heterocycles. The number of fused-ring (bicyclic) bond motifs is 1. The van der Waals surface area contributed by atoms with Gasteiger partial charge in [-0.2, -0.15) is 9.61 Å². The Kier molecular flexibility index (Phi) is 4.09. The van der Waals surface area contributed by atoms with Crippen molar-refractivity contribution in [2.75, 3.05) is 31.1 Å². The lowest BCUT2D eigenvalue weighted by Crippen LogP contribution is -2.39. The molecule has 1 aliphatic heterocycles. The van der Waals surface area contributed by atoms with Gasteiger partial charge in [0, 0.05) is 38.0 Å². The van der Waals surface area contributed by atoms with E-state index in [0.717, 1.165) is 24.4 Å². The van der Waals surface area contributed by atoms with Crippen molar-refractivity contribution in [2.24, 2.45) is 0 Å². The first-order valence-corrected chi connectivity index (χ1v) is 10.1. The van der Waals surface area contributed by atoms with Gasteiger partial charge in [-0.25, -0.2) is 4.98 Å². The number of thiophene rings is 1. The van der Waals surface area contributed by atoms with Crippen molar-refractivity contribution in [1.82, 2.24) is 18.9 Å². The fraction of sp³-hybridized carbons (Fsp3) is 0.333. The van der Waals surface area contributed by atoms with Crippen molar-refractivity contribution in [1.29, 1.82) is 0 Å². The van der Waals surface area contributed by atoms with Crippen molar-refractivity contribution in [2.45, 2.75) is 10.6 Å². The van der Waals surface area contributed by atoms with E-state index < -0.39 is 10.4 Å². The molecule has 1 aliphatic rings. The standard InChI is InChI=1S/C15H17N5O2S2/c21-24(22,15-3-1-12-23-15)19-9-2-8-18(10-11-19)14-5-6-16-13-4-7-17-20(13)14/h1,3-7,12H,2,8-11H2. The molecule has 126 valence electrons. The zero-order chi connectivity index (χ0) is 16.6. The molecular formula is C15H17N5O2S2. The summed E-state index contributed by atoms with van der Waals surface area (Å²) in [5.74, 6) is 0.945. The summed E-state index contributed by atoms with van der Waals surface area (Å²) in [6.07, 6.45) is 4.25. The van der Waals surface area contributed by atoms with Gasteiger partial charge in [0.15, 0.2) is 16.0 Å². The Hall–Kier alpha value is -1.81. The average Bonchev–Trinajstić information content (AvgIpc) is 3.22. The minimum atomic E-state index is -3.39. The minimum absolute atomic E-state index is 0.411. The SMILES string of the molecule is O=[S+]([O-])(c1cccs1)N1CCCN(c2ccnc3ccnn23)CC1. The summed E-state index contributed by atoms with van der Waals surface area (Å²) in [6.45, 7) is 2.41. The van der Waals surface area contributed by atoms with E-state index in [-0.39, 0.29) is 0 Å². The van der Waals surface area contributed by atoms with Crippen LogP contribution in [0, 0.1) is 0 Å². The molecule has 3 aromatic rings. The fourth-order valence-electron chi connectivity index (χ4n) is 2.96. The van der Waals surface area contributed by atoms with Gasteiger partial charge in [-0.1, -0.05) is 15.5 Å². The van der Waals surface area contributed by atoms with Crippen LogP contribution in [0.15, 0.2) is 46.2 Å². The summed E-state index contributed by atoms with van der Waals surface area (Å²) in [5, 5.41) is 6.11. The number of hydrogen-bond acceptors (Lipinski definition) is 6. The van der Waals surface area contributed by atoms with Crippen LogP contribution in [-0.4, -0.2) is 49.6 Å². The zero-order valence-corrected chi connectivity index (χ0v) is 14.6. The normalized spacial score (nSPS) is 19.3. The van der Waals surface area contributed by atoms with Crippen molar-refractivity contribution in [3.8, 4) is 0 Å². The maximum absolute atomic E-state index is 12.7. The van der Waals surface area contributed by atoms with Crippen LogP contribution in [0.1, 0.15) is 6.42 Å². The molecule has 24 heavy (non-hydrogen) atoms. The highest BCUT2D eigenvalue weighted by Crippen LogP contribution is 2.27. The molecule has 0 amide bonds. The van der Waals surface area contributed by atoms with E-state index in [9.17, 15) is 8.76 Å². The average molecular weight is 363 g/mol. The van der Waals surface area contributed by atoms with E-state index in [2.05, 4.69) is 15.0 Å². The van der Waals surface area contributed by atoms with E-state index >= 15 is 0 Å². The van der Waals surface area contributed by atoms with Gasteiger partial charge in [-0.3, -0.25) is 0 Å². The van der Waals surface area contributed by atoms with Gasteiger partial charge in [-0.05, 0) is 23.9 Å². The summed E-state index contributed by atoms with van der Waals surface area (Å²) < 4.78 is 29.2. The Labute approximate surface area is 144 Å². The molecule has 1 fully saturated rings. The van der Waals surface area contributed by atoms with Gasteiger partial charge in [0.25, 0.3) is 0 Å². The number of nitrogens with zero attached hydrogens (tertiary/aromatic N) is 5. The van der Waals surface area contributed by atoms with Crippen LogP contribution >= 0.6 is 11.3 Å². The van der Waals surface area contributed by atoms with Gasteiger partial charge in [0.1, 0.15) is 5.82 Å². The number of aromatic nitrogens is 3. The second kappa shape index (κ2) is 6.25. The molecule has 1 atom stereocenters. The van der Waals surface area contributed by atoms with Gasteiger partial charge in [-0.15, -0.1) is 4.31 Å². The fourth-order valence-corrected chi connectivity index (χ4v) is 5.58. The van der Waals surface area contributed by atoms with Crippen LogP contribution < -0.4 is 4.90 Å². The number of hydrogen-bond donors (Lipinski definition) is 0. The molecule has 0 aliphatic carbocycles. The smallest absolute Gasteiger partial charge is 0.229 e. The second-order valence-electron chi connectivity index (χ2n) is 5.58. The summed E-state index contributed by atoms with van der Waals surface area (Å²) in [5.41, 5.74) is 0.791. The summed E-state index contributed by atoms with van der Waals surface area (Å²) >= 11 is 1.26. The van der Waals surface area contributed by atoms with E-state index in [1.54, 1.807) is 38.7 Å². The lowest BCUT2D eigenvalue weighted by Gasteiger charge is -2.25. The summed E-state index contributed by atoms with van der Waals surface area (Å²) in [6, 6.07) is 7.21. The van der Waals surface area contributed by atoms with E-state index in [0.29, 0.717) is 23.8 Å². The van der Waals surface area contributed by atoms with Crippen molar-refractivity contribution in [3.05, 3.63) is 42.0 Å². The van der Waals surface area contributed by atoms with Gasteiger partial charge < -0.3 is 9.45 Å². The van der Waals surface area contributed by atoms with E-state index in [1.165, 1.54) is 11.3 Å². The molecule has 0 aromatic carbocycles. The van der Waals surface area contributed by atoms with Gasteiger partial charge in [0.2, 0.25) is 4.21 Å². The first-order chi connectivity index (χ1) is 11.7. The monoisotopic (exact) mass is 363 g/mol. The van der Waals surface area contributed by atoms with Gasteiger partial charge >= 0.3 is 0 Å². The third kappa shape index (κ3) is 2.73. The molecule has 4 rings (SSSR count). The topological polar surface area (TPSA) is 76.8 Å². The highest BCUT2D eigenvalue weighted by Gasteiger charge is 2.33. The number of rotatable bonds is 3. The molecule has 0 bridgehead atoms. The molecule has 4 heterocycles. The summed E-state index contributed by atoms with van der Waals surface area (Å²) in [7, 11) is -3.39. The molecule has 0 spiro atoms. The van der Waals surface area contributed by atoms with Crippen LogP contribution in [0.4, 0.5) is 5.82 Å². The minimum Gasteiger partial charge on any atom is -0.592 e. The Morgan fingerprint density at radius 3 is 2.88 bits per heavy atom. The molecule has 7 nitrogen and oxygen atoms in total. The van der Waals surface area contributed by atoms with Crippen LogP contribution in [0.5, 0.6) is 0 Å². The summed E-state index contributed by atoms with van der Waals surface area (Å²) in [4.78, 5) is 6.45. The molecule has 0 N–H and O–H groups in total. The maximum Gasteiger partial charge on any atom is 0.229 e. The van der Waals surface area contributed by atoms with Crippen LogP contribution in [0.25, 0.3) is 5.65 Å². The first-order valence-electron chi connectivity index (χ1n) is 7.73. The lowest BCUT2D eigenvalue weighted by atomic mass is 10.4. The molecule has 1 saturated heterocycles. The lowest BCUT2D eigenvalue weighted by molar-refractivity contribution is 0.369. The molecule has 0 saturated carbocycles. The molecule has 0 radical (unpaired) electrons. The Morgan fingerprint density at radius 1 is 1.12 bits per heavy atom. The van der Waals surface area contributed by atoms with E-state index in [4.69, 9.17) is 0 Å². The van der Waals surface area contributed by atoms with Crippen molar-refractivity contribution < 1.29 is 8.76 Å². The molecular weight excluding hydrogens is 346 g/mol. The molecule has 1 unspecified atom stereocenters. The quantitative estimate of drug-likeness (QED) is 0.664. The number of anilines is 1. The second-order valence-corrected chi connectivity index (χ2v) is 8.69. The van der Waals surface area contributed by atoms with Crippen molar-refractivity contribution >= 4 is 33.2 Å². The Morgan fingerprint density at radius 2 is 2.04 bits per heavy atom. The van der Waals surface area contributed by atoms with Gasteiger partial charge in [0.05, 0.1) is 12.7 Å². The highest BCUT2D eigenvalue weighted by molar-refractivity contribution is 7.97. The largest absolute Gasteiger partial charge is 0.592 e. The van der Waals surface area contributed by atoms with Crippen LogP contribution in [0.3, 0.4) is 0 Å². The predicted molar refractivity (Wildman–Crippen MR) is 92.8 cm³/mol. The number of sulfonamides is 1. The maximum atomic E-state index is 12.7. The van der Waals surface area contributed by atoms with Crippen LogP contribution in [-0.2, 0) is 14.6 Å². The Balaban J connectivity index is 1.57. The predicted octanol–water partition coefficient (Wildman–Crippen LogP) is 1.91. The first kappa shape index (κ1) is 15.7.